The summed E-state index contributed by atoms with van der Waals surface area (Å²) in [5, 5.41) is 19.7. The first kappa shape index (κ1) is 26.9. The first-order chi connectivity index (χ1) is 17.7. The highest BCUT2D eigenvalue weighted by molar-refractivity contribution is 6.31. The van der Waals surface area contributed by atoms with Crippen LogP contribution in [-0.4, -0.2) is 41.6 Å². The van der Waals surface area contributed by atoms with Crippen LogP contribution in [0, 0.1) is 0 Å². The molecule has 14 heteroatoms. The summed E-state index contributed by atoms with van der Waals surface area (Å²) < 4.78 is 55.7. The highest BCUT2D eigenvalue weighted by atomic mass is 35.5. The quantitative estimate of drug-likeness (QED) is 0.329. The van der Waals surface area contributed by atoms with Crippen LogP contribution < -0.4 is 15.2 Å². The molecule has 4 aromatic rings. The van der Waals surface area contributed by atoms with Crippen LogP contribution in [0.15, 0.2) is 53.6 Å². The zero-order valence-electron chi connectivity index (χ0n) is 20.0. The molecule has 2 aromatic heterocycles. The molecule has 2 heterocycles. The van der Waals surface area contributed by atoms with Crippen molar-refractivity contribution in [3.8, 4) is 17.5 Å². The molecule has 10 nitrogen and oxygen atoms in total. The van der Waals surface area contributed by atoms with Gasteiger partial charge in [0.15, 0.2) is 5.60 Å². The van der Waals surface area contributed by atoms with E-state index in [4.69, 9.17) is 21.4 Å². The van der Waals surface area contributed by atoms with Gasteiger partial charge in [-0.1, -0.05) is 30.7 Å². The van der Waals surface area contributed by atoms with E-state index < -0.39 is 35.1 Å². The summed E-state index contributed by atoms with van der Waals surface area (Å²) in [6.07, 6.45) is -4.60. The number of aryl methyl sites for hydroxylation is 2. The van der Waals surface area contributed by atoms with E-state index in [1.807, 2.05) is 0 Å². The molecular formula is C24H20ClF3N4O6. The first-order valence-electron chi connectivity index (χ1n) is 10.9. The summed E-state index contributed by atoms with van der Waals surface area (Å²) >= 11 is 6.33. The van der Waals surface area contributed by atoms with E-state index >= 15 is 0 Å². The number of hydrogen-bond donors (Lipinski definition) is 2. The summed E-state index contributed by atoms with van der Waals surface area (Å²) in [5.41, 5.74) is -3.62. The number of carboxylic acid groups (broad SMARTS) is 1. The van der Waals surface area contributed by atoms with Gasteiger partial charge in [-0.2, -0.15) is 13.2 Å². The van der Waals surface area contributed by atoms with E-state index in [-0.39, 0.29) is 33.6 Å². The number of aromatic nitrogens is 4. The van der Waals surface area contributed by atoms with Gasteiger partial charge in [0, 0.05) is 25.0 Å². The molecule has 0 bridgehead atoms. The standard InChI is InChI=1S/C24H20ClF3N4O6/c1-12(15-6-5-14(9-16(15)25)37-19-10-30-20(11-29-19)38-22(34)35)23(36,24(26,27)28)13-4-7-17-18(8-13)32(3)21(33)31(17)2/h4-12,36H,1-3H3,(H,34,35). The Labute approximate surface area is 217 Å². The van der Waals surface area contributed by atoms with Gasteiger partial charge in [-0.3, -0.25) is 9.13 Å². The fourth-order valence-corrected chi connectivity index (χ4v) is 4.50. The molecule has 0 saturated carbocycles. The van der Waals surface area contributed by atoms with Crippen molar-refractivity contribution < 1.29 is 37.7 Å². The van der Waals surface area contributed by atoms with Crippen molar-refractivity contribution in [1.82, 2.24) is 19.1 Å². The van der Waals surface area contributed by atoms with E-state index in [0.717, 1.165) is 24.5 Å². The topological polar surface area (TPSA) is 129 Å². The van der Waals surface area contributed by atoms with Gasteiger partial charge in [-0.05, 0) is 35.4 Å². The maximum atomic E-state index is 14.5. The molecule has 2 atom stereocenters. The van der Waals surface area contributed by atoms with Crippen LogP contribution >= 0.6 is 11.6 Å². The maximum Gasteiger partial charge on any atom is 0.512 e. The minimum Gasteiger partial charge on any atom is -0.449 e. The Kier molecular flexibility index (Phi) is 6.84. The molecule has 0 spiro atoms. The Balaban J connectivity index is 1.68. The number of ether oxygens (including phenoxy) is 2. The van der Waals surface area contributed by atoms with Gasteiger partial charge in [0.25, 0.3) is 0 Å². The Morgan fingerprint density at radius 2 is 1.66 bits per heavy atom. The number of fused-ring (bicyclic) bond motifs is 1. The number of hydrogen-bond acceptors (Lipinski definition) is 7. The second kappa shape index (κ2) is 9.65. The molecular weight excluding hydrogens is 533 g/mol. The Morgan fingerprint density at radius 3 is 2.24 bits per heavy atom. The van der Waals surface area contributed by atoms with Gasteiger partial charge in [-0.25, -0.2) is 19.6 Å². The minimum atomic E-state index is -5.11. The normalized spacial score (nSPS) is 14.2. The molecule has 2 aromatic carbocycles. The van der Waals surface area contributed by atoms with E-state index in [0.29, 0.717) is 5.52 Å². The van der Waals surface area contributed by atoms with E-state index in [9.17, 15) is 27.9 Å². The highest BCUT2D eigenvalue weighted by Crippen LogP contribution is 2.50. The summed E-state index contributed by atoms with van der Waals surface area (Å²) in [7, 11) is 2.92. The molecule has 200 valence electrons. The predicted octanol–water partition coefficient (Wildman–Crippen LogP) is 4.72. The van der Waals surface area contributed by atoms with Gasteiger partial charge < -0.3 is 19.7 Å². The average Bonchev–Trinajstić information content (AvgIpc) is 3.07. The lowest BCUT2D eigenvalue weighted by atomic mass is 9.77. The molecule has 4 rings (SSSR count). The summed E-state index contributed by atoms with van der Waals surface area (Å²) in [6, 6.07) is 7.49. The zero-order valence-corrected chi connectivity index (χ0v) is 20.8. The Bertz CT molecular complexity index is 1590. The number of imidazole rings is 1. The zero-order chi connectivity index (χ0) is 28.0. The maximum absolute atomic E-state index is 14.5. The lowest BCUT2D eigenvalue weighted by Crippen LogP contribution is -2.46. The summed E-state index contributed by atoms with van der Waals surface area (Å²) in [6.45, 7) is 1.19. The molecule has 0 aliphatic carbocycles. The van der Waals surface area contributed by atoms with Crippen LogP contribution in [0.25, 0.3) is 11.0 Å². The number of carbonyl (C=O) groups is 1. The van der Waals surface area contributed by atoms with Crippen LogP contribution in [0.3, 0.4) is 0 Å². The van der Waals surface area contributed by atoms with Crippen molar-refractivity contribution in [2.75, 3.05) is 0 Å². The molecule has 2 N–H and O–H groups in total. The van der Waals surface area contributed by atoms with Gasteiger partial charge in [0.2, 0.25) is 11.8 Å². The first-order valence-corrected chi connectivity index (χ1v) is 11.3. The second-order valence-corrected chi connectivity index (χ2v) is 8.84. The third-order valence-corrected chi connectivity index (χ3v) is 6.56. The molecule has 0 saturated heterocycles. The molecule has 2 unspecified atom stereocenters. The summed E-state index contributed by atoms with van der Waals surface area (Å²) in [4.78, 5) is 30.3. The van der Waals surface area contributed by atoms with Crippen LogP contribution in [0.5, 0.6) is 17.5 Å². The third-order valence-electron chi connectivity index (χ3n) is 6.23. The second-order valence-electron chi connectivity index (χ2n) is 8.44. The van der Waals surface area contributed by atoms with Crippen molar-refractivity contribution in [2.45, 2.75) is 24.6 Å². The van der Waals surface area contributed by atoms with E-state index in [2.05, 4.69) is 14.7 Å². The van der Waals surface area contributed by atoms with E-state index in [1.54, 1.807) is 0 Å². The van der Waals surface area contributed by atoms with Crippen LogP contribution in [-0.2, 0) is 19.7 Å². The number of halogens is 4. The van der Waals surface area contributed by atoms with E-state index in [1.165, 1.54) is 54.4 Å². The summed E-state index contributed by atoms with van der Waals surface area (Å²) in [5.74, 6) is -1.82. The van der Waals surface area contributed by atoms with Crippen molar-refractivity contribution >= 4 is 28.8 Å². The molecule has 0 aliphatic heterocycles. The lowest BCUT2D eigenvalue weighted by molar-refractivity contribution is -0.274. The highest BCUT2D eigenvalue weighted by Gasteiger charge is 2.59. The Hall–Kier alpha value is -4.10. The lowest BCUT2D eigenvalue weighted by Gasteiger charge is -2.37. The molecule has 0 fully saturated rings. The largest absolute Gasteiger partial charge is 0.512 e. The third kappa shape index (κ3) is 4.65. The van der Waals surface area contributed by atoms with Gasteiger partial charge in [0.1, 0.15) is 5.75 Å². The van der Waals surface area contributed by atoms with Crippen molar-refractivity contribution in [3.63, 3.8) is 0 Å². The number of benzene rings is 2. The number of alkyl halides is 3. The van der Waals surface area contributed by atoms with Gasteiger partial charge in [0.05, 0.1) is 23.4 Å². The monoisotopic (exact) mass is 552 g/mol. The molecule has 0 amide bonds. The number of rotatable bonds is 6. The smallest absolute Gasteiger partial charge is 0.449 e. The van der Waals surface area contributed by atoms with Crippen LogP contribution in [0.1, 0.15) is 24.0 Å². The molecule has 38 heavy (non-hydrogen) atoms. The van der Waals surface area contributed by atoms with Gasteiger partial charge >= 0.3 is 18.0 Å². The molecule has 0 aliphatic rings. The van der Waals surface area contributed by atoms with Crippen molar-refractivity contribution in [1.29, 1.82) is 0 Å². The van der Waals surface area contributed by atoms with Crippen molar-refractivity contribution in [3.05, 3.63) is 75.4 Å². The Morgan fingerprint density at radius 1 is 1.03 bits per heavy atom. The minimum absolute atomic E-state index is 0.0165. The fraction of sp³-hybridized carbons (Fsp3) is 0.250. The number of aliphatic hydroxyl groups is 1. The van der Waals surface area contributed by atoms with Crippen molar-refractivity contribution in [2.24, 2.45) is 14.1 Å². The SMILES string of the molecule is CC(c1ccc(Oc2cnc(OC(=O)O)cn2)cc1Cl)C(O)(c1ccc2c(c1)n(C)c(=O)n2C)C(F)(F)F. The molecule has 0 radical (unpaired) electrons. The van der Waals surface area contributed by atoms with Gasteiger partial charge in [-0.15, -0.1) is 0 Å². The number of nitrogens with zero attached hydrogens (tertiary/aromatic N) is 4. The average molecular weight is 553 g/mol. The fourth-order valence-electron chi connectivity index (χ4n) is 4.17. The predicted molar refractivity (Wildman–Crippen MR) is 129 cm³/mol. The van der Waals surface area contributed by atoms with Crippen LogP contribution in [0.2, 0.25) is 5.02 Å². The van der Waals surface area contributed by atoms with Crippen LogP contribution in [0.4, 0.5) is 18.0 Å².